The summed E-state index contributed by atoms with van der Waals surface area (Å²) in [6.07, 6.45) is 0.930. The number of piperidine rings is 1. The largest absolute Gasteiger partial charge is 0.445 e. The molecule has 9 nitrogen and oxygen atoms in total. The predicted octanol–water partition coefficient (Wildman–Crippen LogP) is 3.45. The van der Waals surface area contributed by atoms with Gasteiger partial charge in [-0.25, -0.2) is 4.79 Å². The number of anilines is 1. The van der Waals surface area contributed by atoms with Gasteiger partial charge in [0.1, 0.15) is 12.6 Å². The summed E-state index contributed by atoms with van der Waals surface area (Å²) in [6, 6.07) is 16.2. The van der Waals surface area contributed by atoms with Crippen LogP contribution in [0.3, 0.4) is 0 Å². The molecule has 1 aliphatic rings. The second kappa shape index (κ2) is 12.6. The number of aromatic nitrogens is 2. The summed E-state index contributed by atoms with van der Waals surface area (Å²) in [6.45, 7) is 4.91. The van der Waals surface area contributed by atoms with Gasteiger partial charge in [-0.3, -0.25) is 9.69 Å². The zero-order valence-corrected chi connectivity index (χ0v) is 21.2. The van der Waals surface area contributed by atoms with E-state index in [-0.39, 0.29) is 18.4 Å². The molecule has 0 radical (unpaired) electrons. The minimum atomic E-state index is -0.719. The maximum atomic E-state index is 13.4. The highest BCUT2D eigenvalue weighted by molar-refractivity contribution is 7.05. The Kier molecular flexibility index (Phi) is 8.99. The fourth-order valence-corrected chi connectivity index (χ4v) is 5.00. The number of hydrogen-bond donors (Lipinski definition) is 3. The molecule has 0 aliphatic carbocycles. The van der Waals surface area contributed by atoms with E-state index in [1.165, 1.54) is 11.5 Å². The molecule has 3 aromatic rings. The summed E-state index contributed by atoms with van der Waals surface area (Å²) in [4.78, 5) is 29.5. The number of amides is 2. The van der Waals surface area contributed by atoms with Crippen molar-refractivity contribution < 1.29 is 14.3 Å². The summed E-state index contributed by atoms with van der Waals surface area (Å²) in [5, 5.41) is 9.89. The summed E-state index contributed by atoms with van der Waals surface area (Å²) in [5.74, 6) is -0.286. The molecule has 1 aromatic heterocycles. The molecular weight excluding hydrogens is 476 g/mol. The van der Waals surface area contributed by atoms with Gasteiger partial charge in [0.2, 0.25) is 5.91 Å². The number of rotatable bonds is 9. The molecule has 4 rings (SSSR count). The van der Waals surface area contributed by atoms with Crippen LogP contribution < -0.4 is 16.4 Å². The zero-order valence-electron chi connectivity index (χ0n) is 20.4. The van der Waals surface area contributed by atoms with Crippen LogP contribution in [0.1, 0.15) is 34.5 Å². The molecule has 190 valence electrons. The average molecular weight is 509 g/mol. The quantitative estimate of drug-likeness (QED) is 0.405. The number of carbonyl (C=O) groups is 2. The van der Waals surface area contributed by atoms with E-state index in [0.717, 1.165) is 54.2 Å². The third kappa shape index (κ3) is 7.09. The molecule has 10 heteroatoms. The van der Waals surface area contributed by atoms with Crippen molar-refractivity contribution in [3.05, 3.63) is 76.3 Å². The van der Waals surface area contributed by atoms with E-state index in [0.29, 0.717) is 12.2 Å². The molecule has 0 bridgehead atoms. The molecule has 4 N–H and O–H groups in total. The van der Waals surface area contributed by atoms with Crippen molar-refractivity contribution in [2.45, 2.75) is 45.5 Å². The number of carbonyl (C=O) groups excluding carboxylic acids is 2. The molecule has 1 fully saturated rings. The lowest BCUT2D eigenvalue weighted by atomic mass is 9.88. The van der Waals surface area contributed by atoms with Gasteiger partial charge in [0.05, 0.1) is 10.6 Å². The number of nitrogens with two attached hydrogens (primary N) is 1. The Morgan fingerprint density at radius 3 is 2.58 bits per heavy atom. The molecule has 0 spiro atoms. The van der Waals surface area contributed by atoms with Crippen LogP contribution in [0.15, 0.2) is 54.6 Å². The topological polar surface area (TPSA) is 122 Å². The number of hydrogen-bond acceptors (Lipinski definition) is 8. The lowest BCUT2D eigenvalue weighted by Gasteiger charge is -2.35. The molecule has 2 amide bonds. The second-order valence-corrected chi connectivity index (χ2v) is 9.81. The Bertz CT molecular complexity index is 1150. The fourth-order valence-electron chi connectivity index (χ4n) is 4.33. The smallest absolute Gasteiger partial charge is 0.408 e. The molecule has 0 unspecified atom stereocenters. The van der Waals surface area contributed by atoms with Crippen molar-refractivity contribution in [3.8, 4) is 0 Å². The van der Waals surface area contributed by atoms with Crippen molar-refractivity contribution >= 4 is 29.2 Å². The summed E-state index contributed by atoms with van der Waals surface area (Å²) in [7, 11) is 0. The molecule has 2 heterocycles. The number of aryl methyl sites for hydroxylation is 1. The van der Waals surface area contributed by atoms with Crippen LogP contribution in [-0.4, -0.2) is 45.6 Å². The summed E-state index contributed by atoms with van der Waals surface area (Å²) in [5.41, 5.74) is 9.16. The van der Waals surface area contributed by atoms with Crippen molar-refractivity contribution in [1.29, 1.82) is 0 Å². The minimum absolute atomic E-state index is 0.0242. The number of likely N-dealkylation sites (tertiary alicyclic amines) is 1. The number of ether oxygens (including phenoxy) is 1. The summed E-state index contributed by atoms with van der Waals surface area (Å²) < 4.78 is 9.44. The predicted molar refractivity (Wildman–Crippen MR) is 139 cm³/mol. The van der Waals surface area contributed by atoms with Gasteiger partial charge in [0.25, 0.3) is 0 Å². The third-order valence-corrected chi connectivity index (χ3v) is 7.22. The van der Waals surface area contributed by atoms with Gasteiger partial charge < -0.3 is 21.1 Å². The first-order chi connectivity index (χ1) is 17.5. The van der Waals surface area contributed by atoms with Crippen LogP contribution in [0.25, 0.3) is 0 Å². The number of nitrogens with one attached hydrogen (secondary N) is 2. The highest BCUT2D eigenvalue weighted by Gasteiger charge is 2.33. The molecule has 1 atom stereocenters. The van der Waals surface area contributed by atoms with Crippen molar-refractivity contribution in [2.24, 2.45) is 11.7 Å². The van der Waals surface area contributed by atoms with Gasteiger partial charge in [-0.1, -0.05) is 47.0 Å². The lowest BCUT2D eigenvalue weighted by molar-refractivity contribution is -0.119. The third-order valence-electron chi connectivity index (χ3n) is 6.42. The van der Waals surface area contributed by atoms with Crippen LogP contribution >= 0.6 is 11.5 Å². The van der Waals surface area contributed by atoms with E-state index in [2.05, 4.69) is 25.1 Å². The Balaban J connectivity index is 1.40. The van der Waals surface area contributed by atoms with E-state index in [4.69, 9.17) is 10.5 Å². The Morgan fingerprint density at radius 2 is 1.89 bits per heavy atom. The molecule has 1 aliphatic heterocycles. The molecule has 0 saturated carbocycles. The SMILES string of the molecule is Cc1nnsc1CN1CCC([C@@H](NC(=O)OCc2ccccc2)C(=O)Nc2cccc(CN)c2)CC1. The molecule has 36 heavy (non-hydrogen) atoms. The van der Waals surface area contributed by atoms with Gasteiger partial charge in [0, 0.05) is 18.8 Å². The minimum Gasteiger partial charge on any atom is -0.445 e. The Labute approximate surface area is 215 Å². The number of benzene rings is 2. The number of alkyl carbamates (subject to hydrolysis) is 1. The van der Waals surface area contributed by atoms with Crippen LogP contribution in [-0.2, 0) is 29.2 Å². The molecular formula is C26H32N6O3S. The first kappa shape index (κ1) is 25.7. The van der Waals surface area contributed by atoms with Crippen molar-refractivity contribution in [1.82, 2.24) is 19.8 Å². The van der Waals surface area contributed by atoms with Crippen LogP contribution in [0.4, 0.5) is 10.5 Å². The van der Waals surface area contributed by atoms with E-state index in [1.54, 1.807) is 0 Å². The van der Waals surface area contributed by atoms with Crippen molar-refractivity contribution in [2.75, 3.05) is 18.4 Å². The lowest BCUT2D eigenvalue weighted by Crippen LogP contribution is -2.51. The van der Waals surface area contributed by atoms with Crippen LogP contribution in [0, 0.1) is 12.8 Å². The maximum Gasteiger partial charge on any atom is 0.408 e. The average Bonchev–Trinajstić information content (AvgIpc) is 3.31. The Hall–Kier alpha value is -3.34. The second-order valence-electron chi connectivity index (χ2n) is 8.97. The highest BCUT2D eigenvalue weighted by atomic mass is 32.1. The normalized spacial score (nSPS) is 15.3. The maximum absolute atomic E-state index is 13.4. The standard InChI is InChI=1S/C26H32N6O3S/c1-18-23(36-31-30-18)16-32-12-10-21(11-13-32)24(25(33)28-22-9-5-8-20(14-22)15-27)29-26(34)35-17-19-6-3-2-4-7-19/h2-9,14,21,24H,10-13,15-17,27H2,1H3,(H,28,33)(H,29,34)/t24-/m1/s1. The van der Waals surface area contributed by atoms with E-state index in [1.807, 2.05) is 61.5 Å². The van der Waals surface area contributed by atoms with Crippen molar-refractivity contribution in [3.63, 3.8) is 0 Å². The number of nitrogens with zero attached hydrogens (tertiary/aromatic N) is 3. The van der Waals surface area contributed by atoms with Gasteiger partial charge in [0.15, 0.2) is 0 Å². The Morgan fingerprint density at radius 1 is 1.14 bits per heavy atom. The van der Waals surface area contributed by atoms with Gasteiger partial charge >= 0.3 is 6.09 Å². The van der Waals surface area contributed by atoms with Crippen LogP contribution in [0.5, 0.6) is 0 Å². The highest BCUT2D eigenvalue weighted by Crippen LogP contribution is 2.25. The first-order valence-corrected chi connectivity index (χ1v) is 12.9. The fraction of sp³-hybridized carbons (Fsp3) is 0.385. The molecule has 1 saturated heterocycles. The summed E-state index contributed by atoms with van der Waals surface area (Å²) >= 11 is 1.42. The first-order valence-electron chi connectivity index (χ1n) is 12.1. The molecule has 2 aromatic carbocycles. The zero-order chi connectivity index (χ0) is 25.3. The van der Waals surface area contributed by atoms with Crippen LogP contribution in [0.2, 0.25) is 0 Å². The van der Waals surface area contributed by atoms with Gasteiger partial charge in [-0.15, -0.1) is 5.10 Å². The van der Waals surface area contributed by atoms with E-state index < -0.39 is 12.1 Å². The van der Waals surface area contributed by atoms with Gasteiger partial charge in [-0.05, 0) is 73.6 Å². The van der Waals surface area contributed by atoms with E-state index in [9.17, 15) is 9.59 Å². The monoisotopic (exact) mass is 508 g/mol. The van der Waals surface area contributed by atoms with E-state index >= 15 is 0 Å². The van der Waals surface area contributed by atoms with Gasteiger partial charge in [-0.2, -0.15) is 0 Å².